The van der Waals surface area contributed by atoms with Crippen molar-refractivity contribution in [3.05, 3.63) is 21.9 Å². The molecular formula is C10H17NOS. The van der Waals surface area contributed by atoms with E-state index in [1.165, 1.54) is 4.88 Å². The van der Waals surface area contributed by atoms with E-state index in [0.717, 1.165) is 4.88 Å². The molecule has 2 atom stereocenters. The Hall–Kier alpha value is -0.380. The first-order valence-corrected chi connectivity index (χ1v) is 5.34. The molecule has 1 aromatic heterocycles. The molecule has 0 amide bonds. The van der Waals surface area contributed by atoms with E-state index < -0.39 is 6.10 Å². The predicted molar refractivity (Wildman–Crippen MR) is 56.8 cm³/mol. The number of hydrogen-bond acceptors (Lipinski definition) is 3. The van der Waals surface area contributed by atoms with E-state index in [1.54, 1.807) is 11.3 Å². The molecule has 0 aliphatic carbocycles. The zero-order chi connectivity index (χ0) is 10.0. The summed E-state index contributed by atoms with van der Waals surface area (Å²) in [6.07, 6.45) is -0.515. The van der Waals surface area contributed by atoms with Gasteiger partial charge in [-0.3, -0.25) is 0 Å². The Morgan fingerprint density at radius 3 is 2.38 bits per heavy atom. The number of aliphatic hydroxyl groups is 1. The molecule has 0 aliphatic rings. The Kier molecular flexibility index (Phi) is 3.47. The highest BCUT2D eigenvalue weighted by molar-refractivity contribution is 7.12. The van der Waals surface area contributed by atoms with Crippen molar-refractivity contribution < 1.29 is 5.11 Å². The molecule has 1 rings (SSSR count). The Morgan fingerprint density at radius 1 is 1.38 bits per heavy atom. The molecule has 74 valence electrons. The van der Waals surface area contributed by atoms with Crippen LogP contribution in [0.1, 0.15) is 29.7 Å². The second-order valence-electron chi connectivity index (χ2n) is 3.71. The van der Waals surface area contributed by atoms with Gasteiger partial charge in [0, 0.05) is 15.8 Å². The zero-order valence-electron chi connectivity index (χ0n) is 8.32. The van der Waals surface area contributed by atoms with E-state index in [-0.39, 0.29) is 6.04 Å². The van der Waals surface area contributed by atoms with Gasteiger partial charge in [0.05, 0.1) is 0 Å². The smallest absolute Gasteiger partial charge is 0.103 e. The molecule has 0 bridgehead atoms. The van der Waals surface area contributed by atoms with Gasteiger partial charge in [-0.2, -0.15) is 0 Å². The van der Waals surface area contributed by atoms with Gasteiger partial charge in [0.2, 0.25) is 0 Å². The highest BCUT2D eigenvalue weighted by Crippen LogP contribution is 2.26. The lowest BCUT2D eigenvalue weighted by molar-refractivity contribution is 0.129. The van der Waals surface area contributed by atoms with Crippen LogP contribution in [-0.2, 0) is 0 Å². The van der Waals surface area contributed by atoms with Gasteiger partial charge in [-0.05, 0) is 25.0 Å². The van der Waals surface area contributed by atoms with Crippen molar-refractivity contribution in [1.29, 1.82) is 0 Å². The van der Waals surface area contributed by atoms with Crippen LogP contribution < -0.4 is 5.73 Å². The fraction of sp³-hybridized carbons (Fsp3) is 0.600. The molecule has 3 N–H and O–H groups in total. The number of rotatable bonds is 3. The molecule has 0 fully saturated rings. The Morgan fingerprint density at radius 2 is 2.00 bits per heavy atom. The quantitative estimate of drug-likeness (QED) is 0.783. The van der Waals surface area contributed by atoms with Gasteiger partial charge in [-0.25, -0.2) is 0 Å². The maximum Gasteiger partial charge on any atom is 0.103 e. The fourth-order valence-electron chi connectivity index (χ4n) is 1.17. The molecule has 2 nitrogen and oxygen atoms in total. The van der Waals surface area contributed by atoms with Crippen molar-refractivity contribution in [2.24, 2.45) is 11.7 Å². The minimum Gasteiger partial charge on any atom is -0.386 e. The van der Waals surface area contributed by atoms with Crippen molar-refractivity contribution in [1.82, 2.24) is 0 Å². The third-order valence-corrected chi connectivity index (χ3v) is 3.26. The van der Waals surface area contributed by atoms with Crippen LogP contribution in [-0.4, -0.2) is 11.1 Å². The van der Waals surface area contributed by atoms with Crippen molar-refractivity contribution >= 4 is 11.3 Å². The molecule has 0 saturated heterocycles. The van der Waals surface area contributed by atoms with Gasteiger partial charge in [0.15, 0.2) is 0 Å². The number of aliphatic hydroxyl groups excluding tert-OH is 1. The number of hydrogen-bond donors (Lipinski definition) is 2. The zero-order valence-corrected chi connectivity index (χ0v) is 9.14. The molecule has 0 aromatic carbocycles. The summed E-state index contributed by atoms with van der Waals surface area (Å²) in [5.41, 5.74) is 5.86. The van der Waals surface area contributed by atoms with E-state index in [9.17, 15) is 5.11 Å². The van der Waals surface area contributed by atoms with Gasteiger partial charge >= 0.3 is 0 Å². The lowest BCUT2D eigenvalue weighted by atomic mass is 9.99. The van der Waals surface area contributed by atoms with E-state index in [1.807, 2.05) is 32.9 Å². The molecule has 0 saturated carbocycles. The van der Waals surface area contributed by atoms with Crippen LogP contribution in [0.4, 0.5) is 0 Å². The van der Waals surface area contributed by atoms with Crippen molar-refractivity contribution in [3.63, 3.8) is 0 Å². The van der Waals surface area contributed by atoms with Gasteiger partial charge < -0.3 is 10.8 Å². The van der Waals surface area contributed by atoms with Gasteiger partial charge in [-0.15, -0.1) is 11.3 Å². The van der Waals surface area contributed by atoms with E-state index >= 15 is 0 Å². The molecule has 13 heavy (non-hydrogen) atoms. The normalized spacial score (nSPS) is 16.2. The molecule has 1 aromatic rings. The summed E-state index contributed by atoms with van der Waals surface area (Å²) in [7, 11) is 0. The first-order chi connectivity index (χ1) is 6.02. The second-order valence-corrected chi connectivity index (χ2v) is 5.03. The largest absolute Gasteiger partial charge is 0.386 e. The SMILES string of the molecule is Cc1ccc(C(O)[C@H](N)C(C)C)s1. The predicted octanol–water partition coefficient (Wildman–Crippen LogP) is 2.07. The van der Waals surface area contributed by atoms with Crippen LogP contribution in [0.25, 0.3) is 0 Å². The van der Waals surface area contributed by atoms with Crippen LogP contribution in [0.3, 0.4) is 0 Å². The van der Waals surface area contributed by atoms with Crippen LogP contribution in [0, 0.1) is 12.8 Å². The number of thiophene rings is 1. The summed E-state index contributed by atoms with van der Waals surface area (Å²) in [5, 5.41) is 9.86. The molecular weight excluding hydrogens is 182 g/mol. The van der Waals surface area contributed by atoms with Gasteiger partial charge in [-0.1, -0.05) is 13.8 Å². The highest BCUT2D eigenvalue weighted by atomic mass is 32.1. The third-order valence-electron chi connectivity index (χ3n) is 2.19. The minimum absolute atomic E-state index is 0.168. The summed E-state index contributed by atoms with van der Waals surface area (Å²) in [6, 6.07) is 3.79. The Bertz CT molecular complexity index is 270. The van der Waals surface area contributed by atoms with Crippen LogP contribution >= 0.6 is 11.3 Å². The van der Waals surface area contributed by atoms with E-state index in [2.05, 4.69) is 0 Å². The molecule has 1 heterocycles. The molecule has 3 heteroatoms. The lowest BCUT2D eigenvalue weighted by Crippen LogP contribution is -2.33. The highest BCUT2D eigenvalue weighted by Gasteiger charge is 2.20. The summed E-state index contributed by atoms with van der Waals surface area (Å²) >= 11 is 1.61. The standard InChI is InChI=1S/C10H17NOS/c1-6(2)9(11)10(12)8-5-4-7(3)13-8/h4-6,9-10,12H,11H2,1-3H3/t9-,10?/m1/s1. The molecule has 0 radical (unpaired) electrons. The van der Waals surface area contributed by atoms with E-state index in [0.29, 0.717) is 5.92 Å². The maximum absolute atomic E-state index is 9.86. The first-order valence-electron chi connectivity index (χ1n) is 4.52. The molecule has 0 aliphatic heterocycles. The average Bonchev–Trinajstić information content (AvgIpc) is 2.49. The number of aryl methyl sites for hydroxylation is 1. The number of nitrogens with two attached hydrogens (primary N) is 1. The van der Waals surface area contributed by atoms with Crippen molar-refractivity contribution in [2.75, 3.05) is 0 Å². The first kappa shape index (κ1) is 10.7. The van der Waals surface area contributed by atoms with Gasteiger partial charge in [0.1, 0.15) is 6.10 Å². The minimum atomic E-state index is -0.515. The van der Waals surface area contributed by atoms with Crippen LogP contribution in [0.15, 0.2) is 12.1 Å². The Balaban J connectivity index is 2.73. The summed E-state index contributed by atoms with van der Waals surface area (Å²) in [6.45, 7) is 6.07. The monoisotopic (exact) mass is 199 g/mol. The van der Waals surface area contributed by atoms with Crippen LogP contribution in [0.5, 0.6) is 0 Å². The van der Waals surface area contributed by atoms with Crippen molar-refractivity contribution in [3.8, 4) is 0 Å². The molecule has 1 unspecified atom stereocenters. The fourth-order valence-corrected chi connectivity index (χ4v) is 2.09. The maximum atomic E-state index is 9.86. The second kappa shape index (κ2) is 4.22. The van der Waals surface area contributed by atoms with Gasteiger partial charge in [0.25, 0.3) is 0 Å². The summed E-state index contributed by atoms with van der Waals surface area (Å²) in [4.78, 5) is 2.18. The Labute approximate surface area is 83.4 Å². The van der Waals surface area contributed by atoms with E-state index in [4.69, 9.17) is 5.73 Å². The topological polar surface area (TPSA) is 46.2 Å². The van der Waals surface area contributed by atoms with Crippen molar-refractivity contribution in [2.45, 2.75) is 32.9 Å². The lowest BCUT2D eigenvalue weighted by Gasteiger charge is -2.20. The molecule has 0 spiro atoms. The third kappa shape index (κ3) is 2.53. The summed E-state index contributed by atoms with van der Waals surface area (Å²) in [5.74, 6) is 0.303. The summed E-state index contributed by atoms with van der Waals surface area (Å²) < 4.78 is 0. The average molecular weight is 199 g/mol. The van der Waals surface area contributed by atoms with Crippen LogP contribution in [0.2, 0.25) is 0 Å².